The molecule has 1 heterocycles. The van der Waals surface area contributed by atoms with Crippen molar-refractivity contribution in [1.29, 1.82) is 0 Å². The quantitative estimate of drug-likeness (QED) is 0.873. The Balaban J connectivity index is 2.31. The summed E-state index contributed by atoms with van der Waals surface area (Å²) in [7, 11) is 0. The largest absolute Gasteiger partial charge is 0.506 e. The summed E-state index contributed by atoms with van der Waals surface area (Å²) in [5.41, 5.74) is 0.108. The molecule has 0 saturated heterocycles. The second kappa shape index (κ2) is 4.77. The van der Waals surface area contributed by atoms with Crippen molar-refractivity contribution in [2.45, 2.75) is 6.54 Å². The fraction of sp³-hybridized carbons (Fsp3) is 0.0909. The first-order valence-corrected chi connectivity index (χ1v) is 5.50. The molecule has 0 aliphatic carbocycles. The molecule has 0 saturated carbocycles. The van der Waals surface area contributed by atoms with Crippen molar-refractivity contribution in [3.8, 4) is 5.75 Å². The van der Waals surface area contributed by atoms with Crippen LogP contribution >= 0.6 is 23.2 Å². The van der Waals surface area contributed by atoms with Gasteiger partial charge < -0.3 is 9.67 Å². The fourth-order valence-corrected chi connectivity index (χ4v) is 1.90. The first-order valence-electron chi connectivity index (χ1n) is 4.75. The molecule has 4 nitrogen and oxygen atoms in total. The molecule has 0 fully saturated rings. The second-order valence-corrected chi connectivity index (χ2v) is 4.29. The van der Waals surface area contributed by atoms with Crippen molar-refractivity contribution >= 4 is 29.0 Å². The number of aromatic hydroxyl groups is 1. The summed E-state index contributed by atoms with van der Waals surface area (Å²) in [5.74, 6) is -0.536. The number of phenolic OH excluding ortho intramolecular Hbond substituents is 1. The van der Waals surface area contributed by atoms with Crippen LogP contribution in [0.4, 0.5) is 0 Å². The van der Waals surface area contributed by atoms with E-state index in [-0.39, 0.29) is 28.7 Å². The summed E-state index contributed by atoms with van der Waals surface area (Å²) in [6, 6.07) is 2.77. The van der Waals surface area contributed by atoms with Crippen molar-refractivity contribution < 1.29 is 9.90 Å². The molecule has 2 aromatic rings. The van der Waals surface area contributed by atoms with Gasteiger partial charge in [-0.2, -0.15) is 0 Å². The number of hydrogen-bond acceptors (Lipinski definition) is 3. The lowest BCUT2D eigenvalue weighted by Gasteiger charge is -2.06. The fourth-order valence-electron chi connectivity index (χ4n) is 1.41. The zero-order valence-electron chi connectivity index (χ0n) is 8.60. The molecule has 1 aromatic carbocycles. The monoisotopic (exact) mass is 270 g/mol. The Kier molecular flexibility index (Phi) is 3.36. The number of aromatic nitrogens is 2. The minimum atomic E-state index is -0.287. The molecule has 17 heavy (non-hydrogen) atoms. The Bertz CT molecular complexity index is 553. The molecular weight excluding hydrogens is 263 g/mol. The van der Waals surface area contributed by atoms with E-state index in [1.54, 1.807) is 17.0 Å². The van der Waals surface area contributed by atoms with Gasteiger partial charge in [-0.05, 0) is 12.1 Å². The van der Waals surface area contributed by atoms with Gasteiger partial charge in [0.15, 0.2) is 5.78 Å². The van der Waals surface area contributed by atoms with Gasteiger partial charge in [0.1, 0.15) is 5.75 Å². The van der Waals surface area contributed by atoms with E-state index >= 15 is 0 Å². The van der Waals surface area contributed by atoms with E-state index < -0.39 is 0 Å². The van der Waals surface area contributed by atoms with E-state index in [2.05, 4.69) is 4.98 Å². The van der Waals surface area contributed by atoms with Crippen LogP contribution < -0.4 is 0 Å². The predicted molar refractivity (Wildman–Crippen MR) is 64.7 cm³/mol. The summed E-state index contributed by atoms with van der Waals surface area (Å²) in [5, 5.41) is 10.1. The minimum Gasteiger partial charge on any atom is -0.506 e. The molecule has 0 unspecified atom stereocenters. The van der Waals surface area contributed by atoms with E-state index in [0.29, 0.717) is 5.02 Å². The van der Waals surface area contributed by atoms with Crippen LogP contribution in [-0.2, 0) is 6.54 Å². The number of hydrogen-bond donors (Lipinski definition) is 1. The summed E-state index contributed by atoms with van der Waals surface area (Å²) in [6.45, 7) is 0.0736. The number of carbonyl (C=O) groups is 1. The number of benzene rings is 1. The Morgan fingerprint density at radius 3 is 2.82 bits per heavy atom. The summed E-state index contributed by atoms with van der Waals surface area (Å²) in [4.78, 5) is 15.7. The number of Topliss-reactive ketones (excluding diaryl/α,β-unsaturated/α-hetero) is 1. The van der Waals surface area contributed by atoms with E-state index in [1.165, 1.54) is 18.5 Å². The predicted octanol–water partition coefficient (Wildman–Crippen LogP) is 2.78. The third-order valence-electron chi connectivity index (χ3n) is 2.21. The molecule has 1 N–H and O–H groups in total. The molecule has 0 amide bonds. The molecule has 88 valence electrons. The van der Waals surface area contributed by atoms with Gasteiger partial charge in [0.05, 0.1) is 23.5 Å². The number of nitrogens with zero attached hydrogens (tertiary/aromatic N) is 2. The standard InChI is InChI=1S/C11H8Cl2N2O2/c12-7-3-8(11(17)9(13)4-7)10(16)5-15-2-1-14-6-15/h1-4,6,17H,5H2. The highest BCUT2D eigenvalue weighted by Gasteiger charge is 2.15. The first kappa shape index (κ1) is 12.0. The maximum absolute atomic E-state index is 11.9. The number of ketones is 1. The molecule has 0 atom stereocenters. The normalized spacial score (nSPS) is 10.5. The number of imidazole rings is 1. The number of phenols is 1. The highest BCUT2D eigenvalue weighted by atomic mass is 35.5. The molecular formula is C11H8Cl2N2O2. The maximum atomic E-state index is 11.9. The Morgan fingerprint density at radius 1 is 1.41 bits per heavy atom. The van der Waals surface area contributed by atoms with Crippen molar-refractivity contribution in [2.24, 2.45) is 0 Å². The summed E-state index contributed by atoms with van der Waals surface area (Å²) in [6.07, 6.45) is 4.74. The molecule has 0 spiro atoms. The number of carbonyl (C=O) groups excluding carboxylic acids is 1. The Morgan fingerprint density at radius 2 is 2.18 bits per heavy atom. The zero-order chi connectivity index (χ0) is 12.4. The average Bonchev–Trinajstić information content (AvgIpc) is 2.76. The van der Waals surface area contributed by atoms with E-state index in [1.807, 2.05) is 0 Å². The van der Waals surface area contributed by atoms with Crippen LogP contribution in [0.2, 0.25) is 10.0 Å². The molecule has 2 rings (SSSR count). The van der Waals surface area contributed by atoms with Crippen LogP contribution in [0.3, 0.4) is 0 Å². The van der Waals surface area contributed by atoms with Gasteiger partial charge in [0.2, 0.25) is 0 Å². The van der Waals surface area contributed by atoms with Crippen molar-refractivity contribution in [3.05, 3.63) is 46.5 Å². The summed E-state index contributed by atoms with van der Waals surface area (Å²) < 4.78 is 1.59. The van der Waals surface area contributed by atoms with Crippen LogP contribution in [-0.4, -0.2) is 20.4 Å². The van der Waals surface area contributed by atoms with Gasteiger partial charge in [0, 0.05) is 17.4 Å². The maximum Gasteiger partial charge on any atom is 0.186 e. The zero-order valence-corrected chi connectivity index (χ0v) is 10.1. The van der Waals surface area contributed by atoms with Crippen LogP contribution in [0.5, 0.6) is 5.75 Å². The lowest BCUT2D eigenvalue weighted by Crippen LogP contribution is -2.09. The second-order valence-electron chi connectivity index (χ2n) is 3.44. The van der Waals surface area contributed by atoms with Gasteiger partial charge in [-0.15, -0.1) is 0 Å². The topological polar surface area (TPSA) is 55.1 Å². The molecule has 0 aliphatic rings. The van der Waals surface area contributed by atoms with Crippen LogP contribution in [0.1, 0.15) is 10.4 Å². The molecule has 1 aromatic heterocycles. The van der Waals surface area contributed by atoms with Gasteiger partial charge in [-0.25, -0.2) is 4.98 Å². The van der Waals surface area contributed by atoms with Crippen LogP contribution in [0, 0.1) is 0 Å². The Hall–Kier alpha value is -1.52. The lowest BCUT2D eigenvalue weighted by atomic mass is 10.1. The number of halogens is 2. The van der Waals surface area contributed by atoms with Gasteiger partial charge in [0.25, 0.3) is 0 Å². The van der Waals surface area contributed by atoms with Gasteiger partial charge >= 0.3 is 0 Å². The molecule has 0 aliphatic heterocycles. The smallest absolute Gasteiger partial charge is 0.186 e. The van der Waals surface area contributed by atoms with Crippen LogP contribution in [0.15, 0.2) is 30.9 Å². The highest BCUT2D eigenvalue weighted by molar-refractivity contribution is 6.36. The van der Waals surface area contributed by atoms with Crippen molar-refractivity contribution in [3.63, 3.8) is 0 Å². The SMILES string of the molecule is O=C(Cn1ccnc1)c1cc(Cl)cc(Cl)c1O. The van der Waals surface area contributed by atoms with E-state index in [9.17, 15) is 9.90 Å². The van der Waals surface area contributed by atoms with Gasteiger partial charge in [-0.1, -0.05) is 23.2 Å². The number of rotatable bonds is 3. The highest BCUT2D eigenvalue weighted by Crippen LogP contribution is 2.31. The first-order chi connectivity index (χ1) is 8.08. The van der Waals surface area contributed by atoms with Crippen LogP contribution in [0.25, 0.3) is 0 Å². The minimum absolute atomic E-state index is 0.0616. The third kappa shape index (κ3) is 2.60. The van der Waals surface area contributed by atoms with E-state index in [4.69, 9.17) is 23.2 Å². The summed E-state index contributed by atoms with van der Waals surface area (Å²) >= 11 is 11.5. The molecule has 0 radical (unpaired) electrons. The third-order valence-corrected chi connectivity index (χ3v) is 2.72. The Labute approximate surface area is 107 Å². The lowest BCUT2D eigenvalue weighted by molar-refractivity contribution is 0.0969. The van der Waals surface area contributed by atoms with Gasteiger partial charge in [-0.3, -0.25) is 4.79 Å². The van der Waals surface area contributed by atoms with Crippen molar-refractivity contribution in [2.75, 3.05) is 0 Å². The van der Waals surface area contributed by atoms with E-state index in [0.717, 1.165) is 0 Å². The molecule has 0 bridgehead atoms. The molecule has 6 heteroatoms. The van der Waals surface area contributed by atoms with Crippen molar-refractivity contribution in [1.82, 2.24) is 9.55 Å². The average molecular weight is 271 g/mol.